The molecular formula is C12H24N2O2. The van der Waals surface area contributed by atoms with Crippen molar-refractivity contribution in [1.82, 2.24) is 10.2 Å². The van der Waals surface area contributed by atoms with Gasteiger partial charge < -0.3 is 15.0 Å². The molecule has 0 radical (unpaired) electrons. The standard InChI is InChI=1S/C12H24N2O2/c1-10(12(2,3)4)13-9-11(15)14-5-7-16-8-6-14/h10,13H,5-9H2,1-4H3. The lowest BCUT2D eigenvalue weighted by atomic mass is 9.88. The zero-order chi connectivity index (χ0) is 12.2. The minimum atomic E-state index is 0.180. The molecule has 1 atom stereocenters. The molecule has 0 aromatic rings. The van der Waals surface area contributed by atoms with Gasteiger partial charge in [-0.2, -0.15) is 0 Å². The van der Waals surface area contributed by atoms with E-state index in [0.717, 1.165) is 13.1 Å². The number of rotatable bonds is 3. The van der Waals surface area contributed by atoms with Crippen LogP contribution in [0.3, 0.4) is 0 Å². The van der Waals surface area contributed by atoms with Crippen LogP contribution in [0.5, 0.6) is 0 Å². The lowest BCUT2D eigenvalue weighted by Gasteiger charge is -2.31. The summed E-state index contributed by atoms with van der Waals surface area (Å²) in [7, 11) is 0. The van der Waals surface area contributed by atoms with Gasteiger partial charge in [-0.3, -0.25) is 4.79 Å². The Morgan fingerprint density at radius 3 is 2.44 bits per heavy atom. The number of ether oxygens (including phenoxy) is 1. The van der Waals surface area contributed by atoms with Crippen molar-refractivity contribution in [3.63, 3.8) is 0 Å². The molecule has 16 heavy (non-hydrogen) atoms. The predicted molar refractivity (Wildman–Crippen MR) is 64.3 cm³/mol. The molecule has 1 amide bonds. The summed E-state index contributed by atoms with van der Waals surface area (Å²) in [5.41, 5.74) is 0.186. The van der Waals surface area contributed by atoms with Gasteiger partial charge in [-0.05, 0) is 12.3 Å². The molecule has 0 aliphatic carbocycles. The van der Waals surface area contributed by atoms with Gasteiger partial charge in [0, 0.05) is 19.1 Å². The molecule has 1 rings (SSSR count). The minimum absolute atomic E-state index is 0.180. The van der Waals surface area contributed by atoms with E-state index in [0.29, 0.717) is 25.8 Å². The summed E-state index contributed by atoms with van der Waals surface area (Å²) >= 11 is 0. The molecule has 1 aliphatic heterocycles. The number of amides is 1. The summed E-state index contributed by atoms with van der Waals surface area (Å²) < 4.78 is 5.22. The summed E-state index contributed by atoms with van der Waals surface area (Å²) in [6, 6.07) is 0.331. The van der Waals surface area contributed by atoms with Gasteiger partial charge in [0.25, 0.3) is 0 Å². The van der Waals surface area contributed by atoms with E-state index in [9.17, 15) is 4.79 Å². The lowest BCUT2D eigenvalue weighted by Crippen LogP contribution is -2.48. The molecule has 1 N–H and O–H groups in total. The molecule has 0 aromatic carbocycles. The molecule has 1 unspecified atom stereocenters. The van der Waals surface area contributed by atoms with Gasteiger partial charge in [0.15, 0.2) is 0 Å². The van der Waals surface area contributed by atoms with Gasteiger partial charge in [0.2, 0.25) is 5.91 Å². The highest BCUT2D eigenvalue weighted by Gasteiger charge is 2.22. The third kappa shape index (κ3) is 4.10. The molecule has 94 valence electrons. The third-order valence-electron chi connectivity index (χ3n) is 3.22. The molecule has 4 nitrogen and oxygen atoms in total. The van der Waals surface area contributed by atoms with E-state index in [4.69, 9.17) is 4.74 Å². The van der Waals surface area contributed by atoms with Gasteiger partial charge in [-0.1, -0.05) is 20.8 Å². The summed E-state index contributed by atoms with van der Waals surface area (Å²) in [4.78, 5) is 13.7. The van der Waals surface area contributed by atoms with Gasteiger partial charge in [-0.25, -0.2) is 0 Å². The van der Waals surface area contributed by atoms with Crippen LogP contribution in [0, 0.1) is 5.41 Å². The van der Waals surface area contributed by atoms with E-state index in [1.54, 1.807) is 0 Å². The van der Waals surface area contributed by atoms with E-state index in [-0.39, 0.29) is 11.3 Å². The van der Waals surface area contributed by atoms with Crippen molar-refractivity contribution in [2.24, 2.45) is 5.41 Å². The Kier molecular flexibility index (Phi) is 4.74. The van der Waals surface area contributed by atoms with Gasteiger partial charge in [-0.15, -0.1) is 0 Å². The lowest BCUT2D eigenvalue weighted by molar-refractivity contribution is -0.134. The van der Waals surface area contributed by atoms with Crippen molar-refractivity contribution in [1.29, 1.82) is 0 Å². The van der Waals surface area contributed by atoms with Crippen LogP contribution in [0.2, 0.25) is 0 Å². The van der Waals surface area contributed by atoms with E-state index in [1.165, 1.54) is 0 Å². The van der Waals surface area contributed by atoms with Crippen molar-refractivity contribution < 1.29 is 9.53 Å². The molecule has 1 heterocycles. The summed E-state index contributed by atoms with van der Waals surface area (Å²) in [5.74, 6) is 0.180. The number of carbonyl (C=O) groups is 1. The highest BCUT2D eigenvalue weighted by Crippen LogP contribution is 2.18. The first-order valence-corrected chi connectivity index (χ1v) is 6.00. The molecule has 0 bridgehead atoms. The Labute approximate surface area is 98.3 Å². The second-order valence-corrected chi connectivity index (χ2v) is 5.46. The van der Waals surface area contributed by atoms with E-state index >= 15 is 0 Å². The number of hydrogen-bond donors (Lipinski definition) is 1. The molecule has 0 spiro atoms. The van der Waals surface area contributed by atoms with Crippen molar-refractivity contribution in [2.75, 3.05) is 32.8 Å². The number of carbonyl (C=O) groups excluding carboxylic acids is 1. The molecule has 1 aliphatic rings. The molecule has 4 heteroatoms. The molecule has 1 saturated heterocycles. The molecule has 1 fully saturated rings. The smallest absolute Gasteiger partial charge is 0.236 e. The Morgan fingerprint density at radius 1 is 1.38 bits per heavy atom. The number of nitrogens with zero attached hydrogens (tertiary/aromatic N) is 1. The number of nitrogens with one attached hydrogen (secondary N) is 1. The first kappa shape index (κ1) is 13.5. The average Bonchev–Trinajstić information content (AvgIpc) is 2.25. The number of hydrogen-bond acceptors (Lipinski definition) is 3. The maximum absolute atomic E-state index is 11.8. The fraction of sp³-hybridized carbons (Fsp3) is 0.917. The monoisotopic (exact) mass is 228 g/mol. The van der Waals surface area contributed by atoms with Gasteiger partial charge in [0.1, 0.15) is 0 Å². The second kappa shape index (κ2) is 5.64. The van der Waals surface area contributed by atoms with Crippen LogP contribution in [0.25, 0.3) is 0 Å². The average molecular weight is 228 g/mol. The van der Waals surface area contributed by atoms with Gasteiger partial charge in [0.05, 0.1) is 19.8 Å². The molecule has 0 aromatic heterocycles. The SMILES string of the molecule is CC(NCC(=O)N1CCOCC1)C(C)(C)C. The topological polar surface area (TPSA) is 41.6 Å². The largest absolute Gasteiger partial charge is 0.378 e. The third-order valence-corrected chi connectivity index (χ3v) is 3.22. The number of morpholine rings is 1. The molecule has 0 saturated carbocycles. The zero-order valence-corrected chi connectivity index (χ0v) is 10.9. The maximum atomic E-state index is 11.8. The van der Waals surface area contributed by atoms with Crippen molar-refractivity contribution >= 4 is 5.91 Å². The van der Waals surface area contributed by atoms with Crippen LogP contribution in [-0.2, 0) is 9.53 Å². The summed E-state index contributed by atoms with van der Waals surface area (Å²) in [6.07, 6.45) is 0. The Balaban J connectivity index is 2.29. The zero-order valence-electron chi connectivity index (χ0n) is 10.9. The van der Waals surface area contributed by atoms with Crippen LogP contribution in [-0.4, -0.2) is 49.7 Å². The highest BCUT2D eigenvalue weighted by atomic mass is 16.5. The second-order valence-electron chi connectivity index (χ2n) is 5.46. The van der Waals surface area contributed by atoms with Crippen LogP contribution in [0.15, 0.2) is 0 Å². The summed E-state index contributed by atoms with van der Waals surface area (Å²) in [5, 5.41) is 3.29. The van der Waals surface area contributed by atoms with Crippen LogP contribution < -0.4 is 5.32 Å². The van der Waals surface area contributed by atoms with Crippen molar-refractivity contribution in [3.05, 3.63) is 0 Å². The maximum Gasteiger partial charge on any atom is 0.236 e. The first-order chi connectivity index (χ1) is 7.41. The predicted octanol–water partition coefficient (Wildman–Crippen LogP) is 0.869. The van der Waals surface area contributed by atoms with Crippen molar-refractivity contribution in [3.8, 4) is 0 Å². The van der Waals surface area contributed by atoms with E-state index in [1.807, 2.05) is 4.90 Å². The highest BCUT2D eigenvalue weighted by molar-refractivity contribution is 5.78. The van der Waals surface area contributed by atoms with Crippen LogP contribution in [0.4, 0.5) is 0 Å². The van der Waals surface area contributed by atoms with Crippen LogP contribution in [0.1, 0.15) is 27.7 Å². The van der Waals surface area contributed by atoms with Crippen molar-refractivity contribution in [2.45, 2.75) is 33.7 Å². The van der Waals surface area contributed by atoms with E-state index in [2.05, 4.69) is 33.0 Å². The van der Waals surface area contributed by atoms with Crippen LogP contribution >= 0.6 is 0 Å². The Bertz CT molecular complexity index is 230. The normalized spacial score (nSPS) is 19.6. The minimum Gasteiger partial charge on any atom is -0.378 e. The molecular weight excluding hydrogens is 204 g/mol. The van der Waals surface area contributed by atoms with Gasteiger partial charge >= 0.3 is 0 Å². The fourth-order valence-electron chi connectivity index (χ4n) is 1.47. The fourth-order valence-corrected chi connectivity index (χ4v) is 1.47. The summed E-state index contributed by atoms with van der Waals surface area (Å²) in [6.45, 7) is 11.8. The Hall–Kier alpha value is -0.610. The quantitative estimate of drug-likeness (QED) is 0.779. The van der Waals surface area contributed by atoms with E-state index < -0.39 is 0 Å². The first-order valence-electron chi connectivity index (χ1n) is 6.00. The Morgan fingerprint density at radius 2 is 1.94 bits per heavy atom.